The lowest BCUT2D eigenvalue weighted by atomic mass is 10.1. The van der Waals surface area contributed by atoms with Crippen molar-refractivity contribution in [1.82, 2.24) is 15.2 Å². The maximum atomic E-state index is 12.3. The lowest BCUT2D eigenvalue weighted by molar-refractivity contribution is -0.115. The van der Waals surface area contributed by atoms with E-state index in [1.807, 2.05) is 18.2 Å². The zero-order valence-corrected chi connectivity index (χ0v) is 16.0. The fourth-order valence-corrected chi connectivity index (χ4v) is 2.67. The number of nitrogens with two attached hydrogens (primary N) is 1. The van der Waals surface area contributed by atoms with Crippen molar-refractivity contribution in [3.05, 3.63) is 47.5 Å². The smallest absolute Gasteiger partial charge is 0.234 e. The molecule has 3 aromatic rings. The summed E-state index contributed by atoms with van der Waals surface area (Å²) < 4.78 is 10.5. The Labute approximate surface area is 167 Å². The van der Waals surface area contributed by atoms with Crippen LogP contribution in [-0.2, 0) is 11.2 Å². The number of hydrogen-bond donors (Lipinski definition) is 3. The van der Waals surface area contributed by atoms with E-state index in [4.69, 9.17) is 15.2 Å². The van der Waals surface area contributed by atoms with E-state index in [-0.39, 0.29) is 29.5 Å². The third-order valence-electron chi connectivity index (χ3n) is 4.05. The number of nitriles is 1. The number of benzene rings is 1. The van der Waals surface area contributed by atoms with Crippen LogP contribution in [-0.4, -0.2) is 34.8 Å². The summed E-state index contributed by atoms with van der Waals surface area (Å²) in [6, 6.07) is 12.4. The molecule has 3 rings (SSSR count). The number of pyridine rings is 1. The van der Waals surface area contributed by atoms with Gasteiger partial charge in [-0.3, -0.25) is 9.89 Å². The second-order valence-electron chi connectivity index (χ2n) is 6.06. The number of amides is 1. The highest BCUT2D eigenvalue weighted by Gasteiger charge is 2.15. The van der Waals surface area contributed by atoms with E-state index in [0.29, 0.717) is 23.8 Å². The third-order valence-corrected chi connectivity index (χ3v) is 4.05. The molecule has 0 spiro atoms. The number of carbonyl (C=O) groups excluding carboxylic acids is 1. The maximum absolute atomic E-state index is 12.3. The Balaban J connectivity index is 1.73. The predicted octanol–water partition coefficient (Wildman–Crippen LogP) is 2.51. The number of H-pyrrole nitrogens is 1. The van der Waals surface area contributed by atoms with Crippen LogP contribution in [0.15, 0.2) is 36.4 Å². The molecule has 1 aromatic carbocycles. The number of nitrogens with one attached hydrogen (secondary N) is 2. The van der Waals surface area contributed by atoms with Crippen molar-refractivity contribution in [2.45, 2.75) is 13.3 Å². The summed E-state index contributed by atoms with van der Waals surface area (Å²) in [5.41, 5.74) is 8.10. The molecular formula is C20H20N6O3. The largest absolute Gasteiger partial charge is 0.497 e. The lowest BCUT2D eigenvalue weighted by Crippen LogP contribution is -2.14. The van der Waals surface area contributed by atoms with Crippen LogP contribution in [0, 0.1) is 11.3 Å². The van der Waals surface area contributed by atoms with Crippen molar-refractivity contribution in [2.75, 3.05) is 24.8 Å². The predicted molar refractivity (Wildman–Crippen MR) is 107 cm³/mol. The zero-order valence-electron chi connectivity index (χ0n) is 16.0. The average molecular weight is 392 g/mol. The Bertz CT molecular complexity index is 1050. The molecule has 4 N–H and O–H groups in total. The Morgan fingerprint density at radius 1 is 1.28 bits per heavy atom. The van der Waals surface area contributed by atoms with E-state index < -0.39 is 0 Å². The van der Waals surface area contributed by atoms with Crippen LogP contribution >= 0.6 is 0 Å². The van der Waals surface area contributed by atoms with Gasteiger partial charge in [0.05, 0.1) is 31.5 Å². The second kappa shape index (κ2) is 8.75. The molecule has 0 aliphatic carbocycles. The summed E-state index contributed by atoms with van der Waals surface area (Å²) in [6.45, 7) is 2.13. The first-order valence-corrected chi connectivity index (χ1v) is 8.86. The topological polar surface area (TPSA) is 139 Å². The molecule has 0 aliphatic heterocycles. The molecule has 2 heterocycles. The van der Waals surface area contributed by atoms with Gasteiger partial charge in [0, 0.05) is 6.07 Å². The number of anilines is 2. The Kier molecular flexibility index (Phi) is 5.94. The van der Waals surface area contributed by atoms with Crippen molar-refractivity contribution in [3.63, 3.8) is 0 Å². The van der Waals surface area contributed by atoms with Gasteiger partial charge in [0.2, 0.25) is 11.8 Å². The molecule has 0 bridgehead atoms. The number of ether oxygens (including phenoxy) is 2. The minimum Gasteiger partial charge on any atom is -0.497 e. The molecule has 1 amide bonds. The van der Waals surface area contributed by atoms with Crippen molar-refractivity contribution >= 4 is 17.4 Å². The van der Waals surface area contributed by atoms with Gasteiger partial charge in [0.15, 0.2) is 0 Å². The van der Waals surface area contributed by atoms with Crippen molar-refractivity contribution in [3.8, 4) is 29.1 Å². The van der Waals surface area contributed by atoms with E-state index in [0.717, 1.165) is 11.3 Å². The summed E-state index contributed by atoms with van der Waals surface area (Å²) >= 11 is 0. The fourth-order valence-electron chi connectivity index (χ4n) is 2.67. The maximum Gasteiger partial charge on any atom is 0.234 e. The Hall–Kier alpha value is -4.06. The summed E-state index contributed by atoms with van der Waals surface area (Å²) in [5.74, 6) is 1.10. The third kappa shape index (κ3) is 4.62. The van der Waals surface area contributed by atoms with Gasteiger partial charge >= 0.3 is 0 Å². The number of aromatic amines is 1. The van der Waals surface area contributed by atoms with Crippen LogP contribution in [0.4, 0.5) is 11.5 Å². The number of aromatic nitrogens is 3. The van der Waals surface area contributed by atoms with Crippen LogP contribution in [0.2, 0.25) is 0 Å². The molecule has 9 heteroatoms. The molecule has 0 atom stereocenters. The van der Waals surface area contributed by atoms with Gasteiger partial charge < -0.3 is 20.5 Å². The van der Waals surface area contributed by atoms with Crippen LogP contribution in [0.25, 0.3) is 11.4 Å². The van der Waals surface area contributed by atoms with Gasteiger partial charge in [0.25, 0.3) is 0 Å². The zero-order chi connectivity index (χ0) is 20.8. The molecule has 148 valence electrons. The van der Waals surface area contributed by atoms with Gasteiger partial charge in [-0.05, 0) is 30.7 Å². The number of nitrogen functional groups attached to an aromatic ring is 1. The van der Waals surface area contributed by atoms with Crippen LogP contribution in [0.1, 0.15) is 18.1 Å². The lowest BCUT2D eigenvalue weighted by Gasteiger charge is -2.08. The first kappa shape index (κ1) is 19.7. The fraction of sp³-hybridized carbons (Fsp3) is 0.200. The summed E-state index contributed by atoms with van der Waals surface area (Å²) in [5, 5.41) is 18.9. The summed E-state index contributed by atoms with van der Waals surface area (Å²) in [6.07, 6.45) is 0.203. The van der Waals surface area contributed by atoms with Crippen LogP contribution in [0.3, 0.4) is 0 Å². The molecule has 29 heavy (non-hydrogen) atoms. The molecular weight excluding hydrogens is 372 g/mol. The molecule has 0 aliphatic rings. The first-order valence-electron chi connectivity index (χ1n) is 8.86. The molecule has 0 saturated carbocycles. The van der Waals surface area contributed by atoms with E-state index in [2.05, 4.69) is 20.5 Å². The van der Waals surface area contributed by atoms with Gasteiger partial charge in [-0.1, -0.05) is 12.1 Å². The minimum atomic E-state index is -0.201. The van der Waals surface area contributed by atoms with E-state index in [1.165, 1.54) is 0 Å². The number of rotatable bonds is 7. The Morgan fingerprint density at radius 2 is 2.03 bits per heavy atom. The van der Waals surface area contributed by atoms with Gasteiger partial charge in [-0.25, -0.2) is 4.98 Å². The highest BCUT2D eigenvalue weighted by molar-refractivity contribution is 5.91. The van der Waals surface area contributed by atoms with E-state index in [9.17, 15) is 10.1 Å². The molecule has 0 unspecified atom stereocenters. The normalized spacial score (nSPS) is 10.2. The number of carbonyl (C=O) groups is 1. The molecule has 2 aromatic heterocycles. The summed E-state index contributed by atoms with van der Waals surface area (Å²) in [4.78, 5) is 16.6. The summed E-state index contributed by atoms with van der Waals surface area (Å²) in [7, 11) is 1.59. The standard InChI is InChI=1S/C20H20N6O3/c1-3-29-20-14(11-21)15(22)9-16(23-20)17-10-18(26-25-17)24-19(27)8-12-4-6-13(28-2)7-5-12/h4-7,9-10H,3,8H2,1-2H3,(H2,22,23)(H2,24,25,26,27). The number of nitrogens with zero attached hydrogens (tertiary/aromatic N) is 3. The minimum absolute atomic E-state index is 0.151. The molecule has 0 fully saturated rings. The van der Waals surface area contributed by atoms with E-state index >= 15 is 0 Å². The van der Waals surface area contributed by atoms with Crippen LogP contribution < -0.4 is 20.5 Å². The molecule has 9 nitrogen and oxygen atoms in total. The number of hydrogen-bond acceptors (Lipinski definition) is 7. The average Bonchev–Trinajstić information content (AvgIpc) is 3.17. The van der Waals surface area contributed by atoms with E-state index in [1.54, 1.807) is 38.3 Å². The highest BCUT2D eigenvalue weighted by Crippen LogP contribution is 2.28. The SMILES string of the molecule is CCOc1nc(-c2cc(NC(=O)Cc3ccc(OC)cc3)[nH]n2)cc(N)c1C#N. The molecule has 0 saturated heterocycles. The van der Waals surface area contributed by atoms with Gasteiger partial charge in [-0.15, -0.1) is 0 Å². The van der Waals surface area contributed by atoms with Crippen molar-refractivity contribution < 1.29 is 14.3 Å². The monoisotopic (exact) mass is 392 g/mol. The first-order chi connectivity index (χ1) is 14.0. The van der Waals surface area contributed by atoms with Crippen molar-refractivity contribution in [2.24, 2.45) is 0 Å². The number of methoxy groups -OCH3 is 1. The Morgan fingerprint density at radius 3 is 2.69 bits per heavy atom. The van der Waals surface area contributed by atoms with Crippen molar-refractivity contribution in [1.29, 1.82) is 5.26 Å². The van der Waals surface area contributed by atoms with Gasteiger partial charge in [-0.2, -0.15) is 10.4 Å². The quantitative estimate of drug-likeness (QED) is 0.561. The highest BCUT2D eigenvalue weighted by atomic mass is 16.5. The van der Waals surface area contributed by atoms with Gasteiger partial charge in [0.1, 0.15) is 28.9 Å². The second-order valence-corrected chi connectivity index (χ2v) is 6.06. The van der Waals surface area contributed by atoms with Crippen LogP contribution in [0.5, 0.6) is 11.6 Å². The molecule has 0 radical (unpaired) electrons.